The molecular weight excluding hydrogens is 260 g/mol. The Morgan fingerprint density at radius 1 is 1.33 bits per heavy atom. The lowest BCUT2D eigenvalue weighted by Crippen LogP contribution is -2.68. The van der Waals surface area contributed by atoms with Crippen LogP contribution in [0.4, 0.5) is 0 Å². The van der Waals surface area contributed by atoms with Crippen LogP contribution in [0.2, 0.25) is 0 Å². The molecule has 4 nitrogen and oxygen atoms in total. The molecule has 0 spiro atoms. The first-order chi connectivity index (χ1) is 9.99. The van der Waals surface area contributed by atoms with Crippen LogP contribution in [0.3, 0.4) is 0 Å². The molecule has 1 aromatic rings. The van der Waals surface area contributed by atoms with Gasteiger partial charge in [-0.05, 0) is 46.0 Å². The van der Waals surface area contributed by atoms with Gasteiger partial charge in [0.15, 0.2) is 0 Å². The second-order valence-electron chi connectivity index (χ2n) is 7.46. The van der Waals surface area contributed by atoms with Gasteiger partial charge in [0.1, 0.15) is 0 Å². The van der Waals surface area contributed by atoms with Crippen LogP contribution in [0.5, 0.6) is 0 Å². The van der Waals surface area contributed by atoms with Gasteiger partial charge in [0.2, 0.25) is 0 Å². The summed E-state index contributed by atoms with van der Waals surface area (Å²) in [6.45, 7) is 13.5. The standard InChI is InChI=1S/C17H30N4/c1-5-16(3)13-20(10-14-9-19-21(6-2)11-14)17(4,12-18-16)15-7-8-15/h9,11,15,18H,5-8,10,12-13H2,1-4H3. The summed E-state index contributed by atoms with van der Waals surface area (Å²) < 4.78 is 2.03. The fraction of sp³-hybridized carbons (Fsp3) is 0.824. The monoisotopic (exact) mass is 290 g/mol. The first-order valence-electron chi connectivity index (χ1n) is 8.50. The van der Waals surface area contributed by atoms with Crippen molar-refractivity contribution in [3.8, 4) is 0 Å². The van der Waals surface area contributed by atoms with Crippen LogP contribution in [0.1, 0.15) is 52.5 Å². The molecule has 2 aliphatic rings. The number of nitrogens with one attached hydrogen (secondary N) is 1. The van der Waals surface area contributed by atoms with Crippen LogP contribution in [0.25, 0.3) is 0 Å². The number of nitrogens with zero attached hydrogens (tertiary/aromatic N) is 3. The second-order valence-corrected chi connectivity index (χ2v) is 7.46. The van der Waals surface area contributed by atoms with Gasteiger partial charge in [-0.2, -0.15) is 5.10 Å². The lowest BCUT2D eigenvalue weighted by Gasteiger charge is -2.52. The van der Waals surface area contributed by atoms with E-state index in [0.717, 1.165) is 32.1 Å². The van der Waals surface area contributed by atoms with Gasteiger partial charge in [0, 0.05) is 49.0 Å². The highest BCUT2D eigenvalue weighted by molar-refractivity contribution is 5.12. The van der Waals surface area contributed by atoms with Gasteiger partial charge in [-0.25, -0.2) is 0 Å². The fourth-order valence-electron chi connectivity index (χ4n) is 3.62. The normalized spacial score (nSPS) is 34.3. The molecule has 3 rings (SSSR count). The lowest BCUT2D eigenvalue weighted by atomic mass is 9.84. The Labute approximate surface area is 128 Å². The average Bonchev–Trinajstić information content (AvgIpc) is 3.24. The zero-order valence-electron chi connectivity index (χ0n) is 14.0. The van der Waals surface area contributed by atoms with Gasteiger partial charge in [-0.3, -0.25) is 9.58 Å². The zero-order valence-corrected chi connectivity index (χ0v) is 14.0. The van der Waals surface area contributed by atoms with E-state index in [1.165, 1.54) is 24.8 Å². The molecule has 2 heterocycles. The van der Waals surface area contributed by atoms with E-state index in [-0.39, 0.29) is 5.54 Å². The number of rotatable bonds is 5. The lowest BCUT2D eigenvalue weighted by molar-refractivity contribution is -0.00135. The van der Waals surface area contributed by atoms with E-state index in [4.69, 9.17) is 0 Å². The summed E-state index contributed by atoms with van der Waals surface area (Å²) in [5.41, 5.74) is 1.90. The molecule has 21 heavy (non-hydrogen) atoms. The van der Waals surface area contributed by atoms with Crippen LogP contribution in [0.15, 0.2) is 12.4 Å². The highest BCUT2D eigenvalue weighted by Gasteiger charge is 2.50. The van der Waals surface area contributed by atoms with Crippen molar-refractivity contribution in [2.24, 2.45) is 5.92 Å². The van der Waals surface area contributed by atoms with Gasteiger partial charge in [-0.1, -0.05) is 6.92 Å². The molecule has 4 heteroatoms. The molecule has 1 saturated heterocycles. The van der Waals surface area contributed by atoms with E-state index in [1.54, 1.807) is 0 Å². The Bertz CT molecular complexity index is 493. The molecule has 2 fully saturated rings. The highest BCUT2D eigenvalue weighted by Crippen LogP contribution is 2.45. The third kappa shape index (κ3) is 2.88. The van der Waals surface area contributed by atoms with E-state index in [1.807, 2.05) is 10.9 Å². The van der Waals surface area contributed by atoms with E-state index in [2.05, 4.69) is 49.2 Å². The summed E-state index contributed by atoms with van der Waals surface area (Å²) in [4.78, 5) is 2.72. The topological polar surface area (TPSA) is 33.1 Å². The molecule has 1 saturated carbocycles. The molecule has 0 amide bonds. The Hall–Kier alpha value is -0.870. The minimum absolute atomic E-state index is 0.245. The number of hydrogen-bond acceptors (Lipinski definition) is 3. The molecule has 1 aromatic heterocycles. The minimum Gasteiger partial charge on any atom is -0.308 e. The van der Waals surface area contributed by atoms with E-state index < -0.39 is 0 Å². The van der Waals surface area contributed by atoms with Crippen molar-refractivity contribution in [3.63, 3.8) is 0 Å². The summed E-state index contributed by atoms with van der Waals surface area (Å²) in [6.07, 6.45) is 8.22. The van der Waals surface area contributed by atoms with Crippen molar-refractivity contribution in [2.75, 3.05) is 13.1 Å². The highest BCUT2D eigenvalue weighted by atomic mass is 15.3. The number of piperazine rings is 1. The van der Waals surface area contributed by atoms with Crippen molar-refractivity contribution in [1.82, 2.24) is 20.0 Å². The van der Waals surface area contributed by atoms with Crippen molar-refractivity contribution in [3.05, 3.63) is 18.0 Å². The van der Waals surface area contributed by atoms with Crippen molar-refractivity contribution >= 4 is 0 Å². The molecule has 1 N–H and O–H groups in total. The first-order valence-corrected chi connectivity index (χ1v) is 8.50. The average molecular weight is 290 g/mol. The smallest absolute Gasteiger partial charge is 0.0534 e. The van der Waals surface area contributed by atoms with Gasteiger partial charge < -0.3 is 5.32 Å². The molecular formula is C17H30N4. The molecule has 1 aliphatic carbocycles. The number of hydrogen-bond donors (Lipinski definition) is 1. The summed E-state index contributed by atoms with van der Waals surface area (Å²) in [6, 6.07) is 0. The van der Waals surface area contributed by atoms with Crippen LogP contribution in [-0.4, -0.2) is 38.8 Å². The molecule has 2 unspecified atom stereocenters. The quantitative estimate of drug-likeness (QED) is 0.905. The van der Waals surface area contributed by atoms with Crippen LogP contribution in [0, 0.1) is 5.92 Å². The predicted octanol–water partition coefficient (Wildman–Crippen LogP) is 2.65. The maximum atomic E-state index is 4.44. The predicted molar refractivity (Wildman–Crippen MR) is 86.1 cm³/mol. The largest absolute Gasteiger partial charge is 0.308 e. The molecule has 0 bridgehead atoms. The van der Waals surface area contributed by atoms with Gasteiger partial charge in [0.25, 0.3) is 0 Å². The SMILES string of the molecule is CCn1cc(CN2CC(C)(CC)NCC2(C)C2CC2)cn1. The maximum Gasteiger partial charge on any atom is 0.0534 e. The van der Waals surface area contributed by atoms with E-state index >= 15 is 0 Å². The van der Waals surface area contributed by atoms with Crippen LogP contribution < -0.4 is 5.32 Å². The van der Waals surface area contributed by atoms with Crippen molar-refractivity contribution < 1.29 is 0 Å². The first kappa shape index (κ1) is 15.0. The fourth-order valence-corrected chi connectivity index (χ4v) is 3.62. The maximum absolute atomic E-state index is 4.44. The van der Waals surface area contributed by atoms with Crippen molar-refractivity contribution in [1.29, 1.82) is 0 Å². The third-order valence-electron chi connectivity index (χ3n) is 5.76. The minimum atomic E-state index is 0.245. The van der Waals surface area contributed by atoms with Gasteiger partial charge >= 0.3 is 0 Å². The van der Waals surface area contributed by atoms with E-state index in [0.29, 0.717) is 5.54 Å². The molecule has 118 valence electrons. The number of aromatic nitrogens is 2. The van der Waals surface area contributed by atoms with Crippen molar-refractivity contribution in [2.45, 2.75) is 71.1 Å². The summed E-state index contributed by atoms with van der Waals surface area (Å²) in [7, 11) is 0. The molecule has 0 aromatic carbocycles. The summed E-state index contributed by atoms with van der Waals surface area (Å²) in [5, 5.41) is 8.27. The zero-order chi connectivity index (χ0) is 15.1. The van der Waals surface area contributed by atoms with Gasteiger partial charge in [-0.15, -0.1) is 0 Å². The Morgan fingerprint density at radius 2 is 2.10 bits per heavy atom. The Morgan fingerprint density at radius 3 is 2.67 bits per heavy atom. The Kier molecular flexibility index (Phi) is 3.87. The molecule has 0 radical (unpaired) electrons. The van der Waals surface area contributed by atoms with Crippen LogP contribution >= 0.6 is 0 Å². The molecule has 2 atom stereocenters. The Balaban J connectivity index is 1.79. The summed E-state index contributed by atoms with van der Waals surface area (Å²) in [5.74, 6) is 0.868. The van der Waals surface area contributed by atoms with E-state index in [9.17, 15) is 0 Å². The van der Waals surface area contributed by atoms with Gasteiger partial charge in [0.05, 0.1) is 6.20 Å². The molecule has 1 aliphatic heterocycles. The second kappa shape index (κ2) is 5.40. The number of aryl methyl sites for hydroxylation is 1. The summed E-state index contributed by atoms with van der Waals surface area (Å²) >= 11 is 0. The van der Waals surface area contributed by atoms with Crippen LogP contribution in [-0.2, 0) is 13.1 Å². The third-order valence-corrected chi connectivity index (χ3v) is 5.76.